The summed E-state index contributed by atoms with van der Waals surface area (Å²) in [5, 5.41) is 8.12. The summed E-state index contributed by atoms with van der Waals surface area (Å²) in [4.78, 5) is 28.7. The second kappa shape index (κ2) is 9.34. The van der Waals surface area contributed by atoms with Crippen molar-refractivity contribution in [2.75, 3.05) is 24.8 Å². The fourth-order valence-corrected chi connectivity index (χ4v) is 3.88. The lowest BCUT2D eigenvalue weighted by Gasteiger charge is -2.28. The van der Waals surface area contributed by atoms with Crippen molar-refractivity contribution in [3.8, 4) is 0 Å². The Morgan fingerprint density at radius 2 is 1.97 bits per heavy atom. The number of ether oxygens (including phenoxy) is 2. The van der Waals surface area contributed by atoms with Crippen LogP contribution in [0.15, 0.2) is 40.7 Å². The lowest BCUT2D eigenvalue weighted by Crippen LogP contribution is -2.29. The van der Waals surface area contributed by atoms with Crippen molar-refractivity contribution in [1.29, 1.82) is 0 Å². The van der Waals surface area contributed by atoms with Gasteiger partial charge in [-0.2, -0.15) is 4.98 Å². The number of hydrogen-bond acceptors (Lipinski definition) is 8. The van der Waals surface area contributed by atoms with E-state index in [1.165, 1.54) is 24.4 Å². The number of aromatic nitrogens is 3. The number of nitrogens with one attached hydrogen (secondary N) is 1. The number of carbonyl (C=O) groups excluding carboxylic acids is 2. The minimum atomic E-state index is -0.485. The van der Waals surface area contributed by atoms with Crippen molar-refractivity contribution >= 4 is 29.6 Å². The minimum absolute atomic E-state index is 0.102. The standard InChI is InChI=1S/C21H26N4O4S/c1-6-29-19(27)17-13(4)22-20-23-21(30-11-16(26)28-5)24-25(20)18(17)15-9-7-14(8-10-15)12(2)3/h7-10,12,18H,6,11H2,1-5H3,(H,22,23,24)/t18-/m0/s1. The van der Waals surface area contributed by atoms with Crippen LogP contribution in [-0.4, -0.2) is 46.2 Å². The third-order valence-electron chi connectivity index (χ3n) is 4.79. The number of esters is 2. The molecule has 0 radical (unpaired) electrons. The lowest BCUT2D eigenvalue weighted by atomic mass is 9.93. The van der Waals surface area contributed by atoms with Crippen LogP contribution in [0.1, 0.15) is 50.8 Å². The summed E-state index contributed by atoms with van der Waals surface area (Å²) in [5.41, 5.74) is 3.25. The van der Waals surface area contributed by atoms with Crippen LogP contribution in [0.2, 0.25) is 0 Å². The van der Waals surface area contributed by atoms with E-state index >= 15 is 0 Å². The van der Waals surface area contributed by atoms with Gasteiger partial charge in [-0.25, -0.2) is 9.48 Å². The van der Waals surface area contributed by atoms with Gasteiger partial charge in [-0.05, 0) is 30.9 Å². The Morgan fingerprint density at radius 3 is 2.57 bits per heavy atom. The largest absolute Gasteiger partial charge is 0.468 e. The zero-order chi connectivity index (χ0) is 21.8. The Balaban J connectivity index is 2.03. The molecule has 0 unspecified atom stereocenters. The number of hydrogen-bond donors (Lipinski definition) is 1. The van der Waals surface area contributed by atoms with Crippen LogP contribution >= 0.6 is 11.8 Å². The summed E-state index contributed by atoms with van der Waals surface area (Å²) in [6, 6.07) is 7.64. The molecule has 2 aromatic rings. The van der Waals surface area contributed by atoms with Crippen LogP contribution in [0.4, 0.5) is 5.95 Å². The first-order valence-corrected chi connectivity index (χ1v) is 10.7. The monoisotopic (exact) mass is 430 g/mol. The highest BCUT2D eigenvalue weighted by Gasteiger charge is 2.35. The number of allylic oxidation sites excluding steroid dienone is 1. The average Bonchev–Trinajstić information content (AvgIpc) is 3.13. The van der Waals surface area contributed by atoms with E-state index in [2.05, 4.69) is 46.1 Å². The van der Waals surface area contributed by atoms with Crippen molar-refractivity contribution in [3.05, 3.63) is 46.7 Å². The predicted octanol–water partition coefficient (Wildman–Crippen LogP) is 3.52. The summed E-state index contributed by atoms with van der Waals surface area (Å²) in [5.74, 6) is 0.251. The number of thioether (sulfide) groups is 1. The molecule has 9 heteroatoms. The highest BCUT2D eigenvalue weighted by molar-refractivity contribution is 7.99. The zero-order valence-corrected chi connectivity index (χ0v) is 18.6. The van der Waals surface area contributed by atoms with Crippen LogP contribution in [0.5, 0.6) is 0 Å². The second-order valence-electron chi connectivity index (χ2n) is 7.14. The maximum atomic E-state index is 12.8. The summed E-state index contributed by atoms with van der Waals surface area (Å²) in [7, 11) is 1.34. The van der Waals surface area contributed by atoms with Gasteiger partial charge in [-0.1, -0.05) is 49.9 Å². The molecule has 2 heterocycles. The number of carbonyl (C=O) groups is 2. The van der Waals surface area contributed by atoms with E-state index in [1.807, 2.05) is 19.1 Å². The molecule has 1 aliphatic rings. The Morgan fingerprint density at radius 1 is 1.27 bits per heavy atom. The third kappa shape index (κ3) is 4.51. The molecule has 8 nitrogen and oxygen atoms in total. The number of fused-ring (bicyclic) bond motifs is 1. The van der Waals surface area contributed by atoms with Crippen molar-refractivity contribution in [2.24, 2.45) is 0 Å². The van der Waals surface area contributed by atoms with Crippen molar-refractivity contribution in [3.63, 3.8) is 0 Å². The van der Waals surface area contributed by atoms with Gasteiger partial charge in [0.2, 0.25) is 11.1 Å². The van der Waals surface area contributed by atoms with Gasteiger partial charge in [-0.15, -0.1) is 5.10 Å². The van der Waals surface area contributed by atoms with Crippen LogP contribution < -0.4 is 5.32 Å². The normalized spacial score (nSPS) is 15.6. The van der Waals surface area contributed by atoms with Crippen LogP contribution in [-0.2, 0) is 19.1 Å². The van der Waals surface area contributed by atoms with Gasteiger partial charge in [0.05, 0.1) is 25.0 Å². The third-order valence-corrected chi connectivity index (χ3v) is 5.61. The van der Waals surface area contributed by atoms with E-state index < -0.39 is 12.0 Å². The first-order chi connectivity index (χ1) is 14.3. The van der Waals surface area contributed by atoms with Crippen LogP contribution in [0.3, 0.4) is 0 Å². The van der Waals surface area contributed by atoms with E-state index in [9.17, 15) is 9.59 Å². The molecule has 1 atom stereocenters. The lowest BCUT2D eigenvalue weighted by molar-refractivity contribution is -0.139. The number of anilines is 1. The van der Waals surface area contributed by atoms with E-state index in [1.54, 1.807) is 11.6 Å². The predicted molar refractivity (Wildman–Crippen MR) is 114 cm³/mol. The summed E-state index contributed by atoms with van der Waals surface area (Å²) < 4.78 is 11.7. The molecule has 1 aliphatic heterocycles. The number of benzene rings is 1. The molecule has 0 saturated carbocycles. The Kier molecular flexibility index (Phi) is 6.81. The van der Waals surface area contributed by atoms with E-state index in [-0.39, 0.29) is 18.3 Å². The fraction of sp³-hybridized carbons (Fsp3) is 0.429. The molecule has 0 spiro atoms. The van der Waals surface area contributed by atoms with Gasteiger partial charge < -0.3 is 14.8 Å². The topological polar surface area (TPSA) is 95.3 Å². The number of rotatable bonds is 7. The van der Waals surface area contributed by atoms with E-state index in [0.29, 0.717) is 28.3 Å². The van der Waals surface area contributed by atoms with Crippen molar-refractivity contribution < 1.29 is 19.1 Å². The van der Waals surface area contributed by atoms with Gasteiger partial charge >= 0.3 is 11.9 Å². The first kappa shape index (κ1) is 21.9. The maximum Gasteiger partial charge on any atom is 0.338 e. The molecule has 160 valence electrons. The average molecular weight is 431 g/mol. The van der Waals surface area contributed by atoms with E-state index in [0.717, 1.165) is 5.56 Å². The molecule has 1 aromatic heterocycles. The molecule has 0 aliphatic carbocycles. The molecule has 1 N–H and O–H groups in total. The molecule has 1 aromatic carbocycles. The van der Waals surface area contributed by atoms with Crippen molar-refractivity contribution in [1.82, 2.24) is 14.8 Å². The Bertz CT molecular complexity index is 966. The molecule has 30 heavy (non-hydrogen) atoms. The smallest absolute Gasteiger partial charge is 0.338 e. The minimum Gasteiger partial charge on any atom is -0.468 e. The van der Waals surface area contributed by atoms with Gasteiger partial charge in [-0.3, -0.25) is 4.79 Å². The summed E-state index contributed by atoms with van der Waals surface area (Å²) >= 11 is 1.18. The summed E-state index contributed by atoms with van der Waals surface area (Å²) in [6.07, 6.45) is 0. The first-order valence-electron chi connectivity index (χ1n) is 9.76. The molecular weight excluding hydrogens is 404 g/mol. The Labute approximate surface area is 180 Å². The molecule has 0 saturated heterocycles. The summed E-state index contributed by atoms with van der Waals surface area (Å²) in [6.45, 7) is 8.14. The molecule has 0 amide bonds. The van der Waals surface area contributed by atoms with Gasteiger partial charge in [0.15, 0.2) is 0 Å². The number of methoxy groups -OCH3 is 1. The highest BCUT2D eigenvalue weighted by atomic mass is 32.2. The van der Waals surface area contributed by atoms with Crippen LogP contribution in [0.25, 0.3) is 0 Å². The van der Waals surface area contributed by atoms with Gasteiger partial charge in [0.25, 0.3) is 0 Å². The molecule has 0 fully saturated rings. The molecule has 0 bridgehead atoms. The van der Waals surface area contributed by atoms with Crippen molar-refractivity contribution in [2.45, 2.75) is 44.8 Å². The van der Waals surface area contributed by atoms with Gasteiger partial charge in [0, 0.05) is 5.70 Å². The molecule has 3 rings (SSSR count). The Hall–Kier alpha value is -2.81. The SMILES string of the molecule is CCOC(=O)C1=C(C)Nc2nc(SCC(=O)OC)nn2[C@H]1c1ccc(C(C)C)cc1. The van der Waals surface area contributed by atoms with E-state index in [4.69, 9.17) is 4.74 Å². The highest BCUT2D eigenvalue weighted by Crippen LogP contribution is 2.37. The maximum absolute atomic E-state index is 12.8. The number of nitrogens with zero attached hydrogens (tertiary/aromatic N) is 3. The second-order valence-corrected chi connectivity index (χ2v) is 8.08. The quantitative estimate of drug-likeness (QED) is 0.527. The van der Waals surface area contributed by atoms with Crippen LogP contribution in [0, 0.1) is 0 Å². The molecular formula is C21H26N4O4S. The van der Waals surface area contributed by atoms with Gasteiger partial charge in [0.1, 0.15) is 6.04 Å². The fourth-order valence-electron chi connectivity index (χ4n) is 3.22. The zero-order valence-electron chi connectivity index (χ0n) is 17.8.